The number of hydrogen-bond donors (Lipinski definition) is 0. The molecule has 0 aliphatic heterocycles. The van der Waals surface area contributed by atoms with Gasteiger partial charge in [0.2, 0.25) is 5.82 Å². The van der Waals surface area contributed by atoms with Crippen LogP contribution >= 0.6 is 0 Å². The molecule has 1 nitrogen and oxygen atoms in total. The predicted octanol–water partition coefficient (Wildman–Crippen LogP) is 5.04. The molecule has 1 aromatic rings. The Bertz CT molecular complexity index is 516. The molecule has 114 valence electrons. The summed E-state index contributed by atoms with van der Waals surface area (Å²) >= 11 is 0. The topological polar surface area (TPSA) is 9.23 Å². The summed E-state index contributed by atoms with van der Waals surface area (Å²) in [4.78, 5) is 0. The Kier molecular flexibility index (Phi) is 4.57. The van der Waals surface area contributed by atoms with Crippen LogP contribution in [0, 0.1) is 23.5 Å². The summed E-state index contributed by atoms with van der Waals surface area (Å²) < 4.78 is 33.4. The summed E-state index contributed by atoms with van der Waals surface area (Å²) in [6, 6.07) is 3.22. The standard InChI is InChI=1S/C18H22F2O/c19-17-15(7-2-1-4-13-8-9-13)10-11-16(18(17)20)21-12-14-5-3-6-14/h1,4,10-11,13-14H,2-3,5-9,12H2/b4-1+. The van der Waals surface area contributed by atoms with Crippen LogP contribution in [0.5, 0.6) is 5.75 Å². The van der Waals surface area contributed by atoms with Crippen molar-refractivity contribution in [3.8, 4) is 5.75 Å². The van der Waals surface area contributed by atoms with Crippen LogP contribution in [0.1, 0.15) is 44.1 Å². The molecule has 0 radical (unpaired) electrons. The van der Waals surface area contributed by atoms with E-state index in [0.29, 0.717) is 24.5 Å². The van der Waals surface area contributed by atoms with Gasteiger partial charge in [-0.05, 0) is 62.0 Å². The van der Waals surface area contributed by atoms with Crippen molar-refractivity contribution in [2.75, 3.05) is 6.61 Å². The minimum atomic E-state index is -0.835. The fourth-order valence-electron chi connectivity index (χ4n) is 2.56. The maximum atomic E-state index is 14.0. The maximum absolute atomic E-state index is 14.0. The second-order valence-corrected chi connectivity index (χ2v) is 6.26. The Labute approximate surface area is 125 Å². The molecule has 3 heteroatoms. The Balaban J connectivity index is 1.55. The fraction of sp³-hybridized carbons (Fsp3) is 0.556. The van der Waals surface area contributed by atoms with Gasteiger partial charge in [0.05, 0.1) is 6.61 Å². The molecule has 0 heterocycles. The van der Waals surface area contributed by atoms with Crippen LogP contribution in [0.15, 0.2) is 24.3 Å². The van der Waals surface area contributed by atoms with E-state index in [9.17, 15) is 8.78 Å². The van der Waals surface area contributed by atoms with Crippen LogP contribution in [0.3, 0.4) is 0 Å². The van der Waals surface area contributed by atoms with Gasteiger partial charge >= 0.3 is 0 Å². The van der Waals surface area contributed by atoms with Gasteiger partial charge in [0.1, 0.15) is 0 Å². The molecule has 0 spiro atoms. The van der Waals surface area contributed by atoms with E-state index in [1.165, 1.54) is 19.3 Å². The van der Waals surface area contributed by atoms with Crippen molar-refractivity contribution in [3.05, 3.63) is 41.5 Å². The minimum Gasteiger partial charge on any atom is -0.490 e. The van der Waals surface area contributed by atoms with Gasteiger partial charge in [-0.1, -0.05) is 24.6 Å². The number of benzene rings is 1. The predicted molar refractivity (Wildman–Crippen MR) is 79.4 cm³/mol. The van der Waals surface area contributed by atoms with E-state index in [2.05, 4.69) is 12.2 Å². The third-order valence-corrected chi connectivity index (χ3v) is 4.44. The molecule has 2 fully saturated rings. The van der Waals surface area contributed by atoms with Crippen LogP contribution in [-0.2, 0) is 6.42 Å². The zero-order chi connectivity index (χ0) is 14.7. The van der Waals surface area contributed by atoms with E-state index in [1.807, 2.05) is 0 Å². The number of ether oxygens (including phenoxy) is 1. The molecule has 0 amide bonds. The van der Waals surface area contributed by atoms with E-state index in [0.717, 1.165) is 25.2 Å². The summed E-state index contributed by atoms with van der Waals surface area (Å²) in [7, 11) is 0. The van der Waals surface area contributed by atoms with Gasteiger partial charge in [-0.25, -0.2) is 4.39 Å². The van der Waals surface area contributed by atoms with Gasteiger partial charge in [-0.2, -0.15) is 4.39 Å². The van der Waals surface area contributed by atoms with Gasteiger partial charge in [-0.15, -0.1) is 0 Å². The summed E-state index contributed by atoms with van der Waals surface area (Å²) in [6.45, 7) is 0.500. The van der Waals surface area contributed by atoms with Crippen LogP contribution < -0.4 is 4.74 Å². The third-order valence-electron chi connectivity index (χ3n) is 4.44. The average Bonchev–Trinajstić information content (AvgIpc) is 3.24. The molecule has 21 heavy (non-hydrogen) atoms. The van der Waals surface area contributed by atoms with E-state index < -0.39 is 11.6 Å². The zero-order valence-corrected chi connectivity index (χ0v) is 12.3. The second-order valence-electron chi connectivity index (χ2n) is 6.26. The lowest BCUT2D eigenvalue weighted by atomic mass is 9.86. The Hall–Kier alpha value is -1.38. The zero-order valence-electron chi connectivity index (χ0n) is 12.3. The molecule has 0 aromatic heterocycles. The van der Waals surface area contributed by atoms with Crippen molar-refractivity contribution in [2.24, 2.45) is 11.8 Å². The molecule has 0 saturated heterocycles. The Morgan fingerprint density at radius 3 is 2.57 bits per heavy atom. The number of halogens is 2. The molecule has 0 atom stereocenters. The highest BCUT2D eigenvalue weighted by molar-refractivity contribution is 5.31. The number of hydrogen-bond acceptors (Lipinski definition) is 1. The van der Waals surface area contributed by atoms with E-state index in [-0.39, 0.29) is 5.75 Å². The van der Waals surface area contributed by atoms with Gasteiger partial charge in [0.25, 0.3) is 0 Å². The maximum Gasteiger partial charge on any atom is 0.200 e. The highest BCUT2D eigenvalue weighted by Gasteiger charge is 2.20. The summed E-state index contributed by atoms with van der Waals surface area (Å²) in [5, 5.41) is 0. The molecule has 2 aliphatic carbocycles. The molecule has 1 aromatic carbocycles. The van der Waals surface area contributed by atoms with Crippen molar-refractivity contribution in [1.82, 2.24) is 0 Å². The molecule has 0 bridgehead atoms. The number of rotatable bonds is 7. The minimum absolute atomic E-state index is 0.0525. The van der Waals surface area contributed by atoms with Crippen LogP contribution in [-0.4, -0.2) is 6.61 Å². The molecule has 3 rings (SSSR count). The lowest BCUT2D eigenvalue weighted by Gasteiger charge is -2.25. The highest BCUT2D eigenvalue weighted by Crippen LogP contribution is 2.31. The van der Waals surface area contributed by atoms with Gasteiger partial charge in [-0.3, -0.25) is 0 Å². The molecule has 0 N–H and O–H groups in total. The van der Waals surface area contributed by atoms with Crippen molar-refractivity contribution < 1.29 is 13.5 Å². The summed E-state index contributed by atoms with van der Waals surface area (Å²) in [5.74, 6) is -0.288. The van der Waals surface area contributed by atoms with E-state index in [4.69, 9.17) is 4.74 Å². The molecule has 2 aliphatic rings. The van der Waals surface area contributed by atoms with Crippen molar-refractivity contribution >= 4 is 0 Å². The Morgan fingerprint density at radius 1 is 1.10 bits per heavy atom. The monoisotopic (exact) mass is 292 g/mol. The third kappa shape index (κ3) is 3.84. The first kappa shape index (κ1) is 14.6. The lowest BCUT2D eigenvalue weighted by Crippen LogP contribution is -2.19. The Morgan fingerprint density at radius 2 is 1.90 bits per heavy atom. The molecular weight excluding hydrogens is 270 g/mol. The average molecular weight is 292 g/mol. The van der Waals surface area contributed by atoms with Gasteiger partial charge < -0.3 is 4.74 Å². The van der Waals surface area contributed by atoms with Crippen LogP contribution in [0.25, 0.3) is 0 Å². The second kappa shape index (κ2) is 6.59. The smallest absolute Gasteiger partial charge is 0.200 e. The van der Waals surface area contributed by atoms with Gasteiger partial charge in [0, 0.05) is 0 Å². The van der Waals surface area contributed by atoms with E-state index >= 15 is 0 Å². The first-order valence-corrected chi connectivity index (χ1v) is 8.00. The molecular formula is C18H22F2O. The van der Waals surface area contributed by atoms with Gasteiger partial charge in [0.15, 0.2) is 11.6 Å². The largest absolute Gasteiger partial charge is 0.490 e. The highest BCUT2D eigenvalue weighted by atomic mass is 19.2. The van der Waals surface area contributed by atoms with Crippen molar-refractivity contribution in [1.29, 1.82) is 0 Å². The van der Waals surface area contributed by atoms with Crippen LogP contribution in [0.2, 0.25) is 0 Å². The fourth-order valence-corrected chi connectivity index (χ4v) is 2.56. The SMILES string of the molecule is Fc1c(CC/C=C/C2CC2)ccc(OCC2CCC2)c1F. The summed E-state index contributed by atoms with van der Waals surface area (Å²) in [5.41, 5.74) is 0.434. The first-order chi connectivity index (χ1) is 10.2. The summed E-state index contributed by atoms with van der Waals surface area (Å²) in [6.07, 6.45) is 11.6. The van der Waals surface area contributed by atoms with Crippen molar-refractivity contribution in [2.45, 2.75) is 44.9 Å². The number of allylic oxidation sites excluding steroid dienone is 2. The number of aryl methyl sites for hydroxylation is 1. The van der Waals surface area contributed by atoms with Crippen LogP contribution in [0.4, 0.5) is 8.78 Å². The van der Waals surface area contributed by atoms with Crippen molar-refractivity contribution in [3.63, 3.8) is 0 Å². The molecule has 0 unspecified atom stereocenters. The quantitative estimate of drug-likeness (QED) is 0.639. The van der Waals surface area contributed by atoms with E-state index in [1.54, 1.807) is 12.1 Å². The lowest BCUT2D eigenvalue weighted by molar-refractivity contribution is 0.174. The first-order valence-electron chi connectivity index (χ1n) is 8.00. The molecule has 2 saturated carbocycles. The normalized spacial score (nSPS) is 19.0.